The molecule has 0 spiro atoms. The summed E-state index contributed by atoms with van der Waals surface area (Å²) in [5.41, 5.74) is 2.95. The lowest BCUT2D eigenvalue weighted by atomic mass is 10.1. The number of nitrogens with zero attached hydrogens (tertiary/aromatic N) is 2. The predicted molar refractivity (Wildman–Crippen MR) is 114 cm³/mol. The van der Waals surface area contributed by atoms with Crippen LogP contribution in [0.2, 0.25) is 0 Å². The number of amides is 1. The van der Waals surface area contributed by atoms with Crippen LogP contribution in [0.3, 0.4) is 0 Å². The first-order valence-electron chi connectivity index (χ1n) is 9.16. The third kappa shape index (κ3) is 5.30. The van der Waals surface area contributed by atoms with Gasteiger partial charge in [0.2, 0.25) is 5.91 Å². The monoisotopic (exact) mass is 392 g/mol. The van der Waals surface area contributed by atoms with E-state index in [4.69, 9.17) is 4.74 Å². The van der Waals surface area contributed by atoms with Gasteiger partial charge < -0.3 is 9.64 Å². The molecule has 0 aliphatic heterocycles. The molecule has 0 saturated heterocycles. The molecule has 2 aromatic carbocycles. The molecule has 1 heterocycles. The van der Waals surface area contributed by atoms with E-state index in [-0.39, 0.29) is 11.9 Å². The van der Waals surface area contributed by atoms with Gasteiger partial charge in [-0.25, -0.2) is 4.98 Å². The lowest BCUT2D eigenvalue weighted by Crippen LogP contribution is -2.27. The lowest BCUT2D eigenvalue weighted by molar-refractivity contribution is -0.126. The Morgan fingerprint density at radius 1 is 1.21 bits per heavy atom. The maximum Gasteiger partial charge on any atom is 0.246 e. The average molecular weight is 393 g/mol. The minimum Gasteiger partial charge on any atom is -0.487 e. The number of aryl methyl sites for hydroxylation is 1. The Bertz CT molecular complexity index is 950. The van der Waals surface area contributed by atoms with Crippen LogP contribution in [-0.2, 0) is 11.4 Å². The third-order valence-electron chi connectivity index (χ3n) is 4.54. The predicted octanol–water partition coefficient (Wildman–Crippen LogP) is 5.26. The van der Waals surface area contributed by atoms with Crippen LogP contribution in [0.4, 0.5) is 0 Å². The van der Waals surface area contributed by atoms with Gasteiger partial charge in [0, 0.05) is 18.5 Å². The van der Waals surface area contributed by atoms with Gasteiger partial charge in [0.15, 0.2) is 0 Å². The van der Waals surface area contributed by atoms with Crippen molar-refractivity contribution in [1.29, 1.82) is 0 Å². The van der Waals surface area contributed by atoms with Crippen molar-refractivity contribution in [2.24, 2.45) is 0 Å². The molecule has 144 valence electrons. The zero-order valence-corrected chi connectivity index (χ0v) is 17.1. The summed E-state index contributed by atoms with van der Waals surface area (Å²) in [6.07, 6.45) is 3.42. The third-order valence-corrected chi connectivity index (χ3v) is 5.36. The fraction of sp³-hybridized carbons (Fsp3) is 0.217. The van der Waals surface area contributed by atoms with Crippen molar-refractivity contribution in [3.63, 3.8) is 0 Å². The van der Waals surface area contributed by atoms with Crippen molar-refractivity contribution in [1.82, 2.24) is 9.88 Å². The molecule has 0 saturated carbocycles. The Balaban J connectivity index is 1.60. The fourth-order valence-corrected chi connectivity index (χ4v) is 3.37. The quantitative estimate of drug-likeness (QED) is 0.515. The average Bonchev–Trinajstić information content (AvgIpc) is 3.15. The second-order valence-electron chi connectivity index (χ2n) is 6.59. The van der Waals surface area contributed by atoms with Crippen LogP contribution in [0.1, 0.15) is 34.8 Å². The van der Waals surface area contributed by atoms with Gasteiger partial charge in [0.25, 0.3) is 0 Å². The summed E-state index contributed by atoms with van der Waals surface area (Å²) in [4.78, 5) is 18.7. The van der Waals surface area contributed by atoms with E-state index < -0.39 is 0 Å². The molecular formula is C23H24N2O2S. The van der Waals surface area contributed by atoms with Crippen molar-refractivity contribution in [2.45, 2.75) is 26.5 Å². The van der Waals surface area contributed by atoms with Crippen LogP contribution in [0.5, 0.6) is 5.75 Å². The fourth-order valence-electron chi connectivity index (χ4n) is 2.77. The Morgan fingerprint density at radius 2 is 2.00 bits per heavy atom. The first-order chi connectivity index (χ1) is 13.5. The molecule has 0 bridgehead atoms. The van der Waals surface area contributed by atoms with Crippen LogP contribution in [0.15, 0.2) is 66.1 Å². The summed E-state index contributed by atoms with van der Waals surface area (Å²) in [6.45, 7) is 4.44. The second-order valence-corrected chi connectivity index (χ2v) is 7.65. The largest absolute Gasteiger partial charge is 0.487 e. The highest BCUT2D eigenvalue weighted by Crippen LogP contribution is 2.20. The maximum absolute atomic E-state index is 12.5. The molecule has 0 aliphatic carbocycles. The number of benzene rings is 2. The summed E-state index contributed by atoms with van der Waals surface area (Å²) in [7, 11) is 1.82. The summed E-state index contributed by atoms with van der Waals surface area (Å²) >= 11 is 1.61. The standard InChI is InChI=1S/C23H24N2O2S/c1-17(20-9-5-4-6-10-20)25(3)23(26)13-12-19-8-7-11-22(14-19)27-15-21-16-28-18(2)24-21/h4-14,16-17H,15H2,1-3H3. The van der Waals surface area contributed by atoms with Gasteiger partial charge in [-0.15, -0.1) is 11.3 Å². The zero-order chi connectivity index (χ0) is 19.9. The van der Waals surface area contributed by atoms with Crippen molar-refractivity contribution < 1.29 is 9.53 Å². The van der Waals surface area contributed by atoms with E-state index in [9.17, 15) is 4.79 Å². The van der Waals surface area contributed by atoms with Gasteiger partial charge in [-0.3, -0.25) is 4.79 Å². The van der Waals surface area contributed by atoms with Gasteiger partial charge in [0.05, 0.1) is 16.7 Å². The number of thiazole rings is 1. The SMILES string of the molecule is Cc1nc(COc2cccc(C=CC(=O)N(C)C(C)c3ccccc3)c2)cs1. The van der Waals surface area contributed by atoms with Crippen molar-refractivity contribution in [2.75, 3.05) is 7.05 Å². The highest BCUT2D eigenvalue weighted by molar-refractivity contribution is 7.09. The number of carbonyl (C=O) groups excluding carboxylic acids is 1. The molecule has 0 fully saturated rings. The van der Waals surface area contributed by atoms with Crippen LogP contribution < -0.4 is 4.74 Å². The summed E-state index contributed by atoms with van der Waals surface area (Å²) in [5.74, 6) is 0.715. The second kappa shape index (κ2) is 9.33. The van der Waals surface area contributed by atoms with Gasteiger partial charge in [-0.2, -0.15) is 0 Å². The molecule has 1 atom stereocenters. The number of likely N-dealkylation sites (N-methyl/N-ethyl adjacent to an activating group) is 1. The van der Waals surface area contributed by atoms with Gasteiger partial charge >= 0.3 is 0 Å². The molecule has 0 radical (unpaired) electrons. The van der Waals surface area contributed by atoms with E-state index in [1.54, 1.807) is 22.3 Å². The smallest absolute Gasteiger partial charge is 0.246 e. The van der Waals surface area contributed by atoms with Gasteiger partial charge in [-0.1, -0.05) is 42.5 Å². The zero-order valence-electron chi connectivity index (χ0n) is 16.3. The molecule has 1 aromatic heterocycles. The molecule has 1 amide bonds. The number of aromatic nitrogens is 1. The van der Waals surface area contributed by atoms with Crippen LogP contribution in [0, 0.1) is 6.92 Å². The van der Waals surface area contributed by atoms with Crippen LogP contribution >= 0.6 is 11.3 Å². The number of carbonyl (C=O) groups is 1. The summed E-state index contributed by atoms with van der Waals surface area (Å²) in [6, 6.07) is 17.7. The van der Waals surface area contributed by atoms with Gasteiger partial charge in [0.1, 0.15) is 12.4 Å². The normalized spacial score (nSPS) is 12.1. The highest BCUT2D eigenvalue weighted by atomic mass is 32.1. The Morgan fingerprint density at radius 3 is 2.71 bits per heavy atom. The highest BCUT2D eigenvalue weighted by Gasteiger charge is 2.14. The van der Waals surface area contributed by atoms with Crippen molar-refractivity contribution in [3.05, 3.63) is 87.9 Å². The first kappa shape index (κ1) is 19.8. The number of ether oxygens (including phenoxy) is 1. The maximum atomic E-state index is 12.5. The van der Waals surface area contributed by atoms with Gasteiger partial charge in [-0.05, 0) is 43.2 Å². The summed E-state index contributed by atoms with van der Waals surface area (Å²) < 4.78 is 5.81. The Hall–Kier alpha value is -2.92. The van der Waals surface area contributed by atoms with Crippen LogP contribution in [-0.4, -0.2) is 22.8 Å². The minimum absolute atomic E-state index is 0.00888. The van der Waals surface area contributed by atoms with Crippen molar-refractivity contribution in [3.8, 4) is 5.75 Å². The van der Waals surface area contributed by atoms with E-state index in [0.29, 0.717) is 6.61 Å². The molecule has 0 N–H and O–H groups in total. The summed E-state index contributed by atoms with van der Waals surface area (Å²) in [5, 5.41) is 3.03. The lowest BCUT2D eigenvalue weighted by Gasteiger charge is -2.24. The molecule has 3 rings (SSSR count). The van der Waals surface area contributed by atoms with E-state index in [1.807, 2.05) is 86.9 Å². The number of rotatable bonds is 7. The molecule has 5 heteroatoms. The molecular weight excluding hydrogens is 368 g/mol. The molecule has 28 heavy (non-hydrogen) atoms. The molecule has 1 unspecified atom stereocenters. The topological polar surface area (TPSA) is 42.4 Å². The van der Waals surface area contributed by atoms with E-state index in [1.165, 1.54) is 0 Å². The molecule has 3 aromatic rings. The van der Waals surface area contributed by atoms with E-state index >= 15 is 0 Å². The van der Waals surface area contributed by atoms with Crippen molar-refractivity contribution >= 4 is 23.3 Å². The molecule has 0 aliphatic rings. The van der Waals surface area contributed by atoms with Crippen LogP contribution in [0.25, 0.3) is 6.08 Å². The minimum atomic E-state index is -0.0411. The number of hydrogen-bond acceptors (Lipinski definition) is 4. The van der Waals surface area contributed by atoms with E-state index in [0.717, 1.165) is 27.6 Å². The van der Waals surface area contributed by atoms with E-state index in [2.05, 4.69) is 4.98 Å². The molecule has 4 nitrogen and oxygen atoms in total. The Labute approximate surface area is 170 Å². The Kier molecular flexibility index (Phi) is 6.61. The first-order valence-corrected chi connectivity index (χ1v) is 10.0. The number of hydrogen-bond donors (Lipinski definition) is 0.